The van der Waals surface area contributed by atoms with Gasteiger partial charge in [0.05, 0.1) is 10.8 Å². The third kappa shape index (κ3) is 5.90. The van der Waals surface area contributed by atoms with Gasteiger partial charge in [0.25, 0.3) is 10.1 Å². The summed E-state index contributed by atoms with van der Waals surface area (Å²) in [6.07, 6.45) is 2.82. The molecule has 5 nitrogen and oxygen atoms in total. The van der Waals surface area contributed by atoms with Crippen LogP contribution in [0.4, 0.5) is 0 Å². The molecule has 0 atom stereocenters. The van der Waals surface area contributed by atoms with E-state index in [1.54, 1.807) is 0 Å². The van der Waals surface area contributed by atoms with Gasteiger partial charge in [0.15, 0.2) is 0 Å². The minimum atomic E-state index is -3.95. The Bertz CT molecular complexity index is 381. The molecule has 0 aliphatic carbocycles. The first-order chi connectivity index (χ1) is 5.97. The Balaban J connectivity index is 0.00000169. The summed E-state index contributed by atoms with van der Waals surface area (Å²) < 4.78 is 29.1. The quantitative estimate of drug-likeness (QED) is 0.596. The van der Waals surface area contributed by atoms with E-state index in [1.807, 2.05) is 0 Å². The molecule has 0 bridgehead atoms. The SMILES string of the molecule is O=S(=O)(O)CCc1ncc(Cl)cn1.[NaH]. The van der Waals surface area contributed by atoms with Gasteiger partial charge in [-0.2, -0.15) is 8.42 Å². The van der Waals surface area contributed by atoms with Crippen LogP contribution < -0.4 is 0 Å². The van der Waals surface area contributed by atoms with Crippen molar-refractivity contribution < 1.29 is 13.0 Å². The van der Waals surface area contributed by atoms with E-state index in [-0.39, 0.29) is 41.7 Å². The minimum absolute atomic E-state index is 0. The molecule has 1 rings (SSSR count). The zero-order valence-electron chi connectivity index (χ0n) is 6.51. The monoisotopic (exact) mass is 246 g/mol. The molecule has 0 aromatic carbocycles. The first-order valence-corrected chi connectivity index (χ1v) is 5.38. The molecule has 0 amide bonds. The van der Waals surface area contributed by atoms with Crippen LogP contribution in [0.5, 0.6) is 0 Å². The summed E-state index contributed by atoms with van der Waals surface area (Å²) >= 11 is 5.51. The molecule has 0 radical (unpaired) electrons. The molecule has 0 aliphatic rings. The predicted octanol–water partition coefficient (Wildman–Crippen LogP) is -0.0882. The van der Waals surface area contributed by atoms with Gasteiger partial charge in [0, 0.05) is 18.8 Å². The summed E-state index contributed by atoms with van der Waals surface area (Å²) in [6, 6.07) is 0. The molecule has 14 heavy (non-hydrogen) atoms. The van der Waals surface area contributed by atoms with E-state index < -0.39 is 10.1 Å². The van der Waals surface area contributed by atoms with Crippen LogP contribution in [-0.4, -0.2) is 58.2 Å². The van der Waals surface area contributed by atoms with Crippen molar-refractivity contribution in [1.29, 1.82) is 0 Å². The van der Waals surface area contributed by atoms with Crippen molar-refractivity contribution in [2.45, 2.75) is 6.42 Å². The van der Waals surface area contributed by atoms with Crippen LogP contribution in [0.25, 0.3) is 0 Å². The number of hydrogen-bond acceptors (Lipinski definition) is 4. The Morgan fingerprint density at radius 2 is 1.86 bits per heavy atom. The van der Waals surface area contributed by atoms with Gasteiger partial charge >= 0.3 is 29.6 Å². The van der Waals surface area contributed by atoms with Crippen LogP contribution in [0.3, 0.4) is 0 Å². The fraction of sp³-hybridized carbons (Fsp3) is 0.333. The van der Waals surface area contributed by atoms with Crippen LogP contribution in [0.15, 0.2) is 12.4 Å². The van der Waals surface area contributed by atoms with E-state index in [9.17, 15) is 8.42 Å². The molecule has 1 heterocycles. The van der Waals surface area contributed by atoms with Gasteiger partial charge in [-0.15, -0.1) is 0 Å². The molecule has 1 aromatic heterocycles. The van der Waals surface area contributed by atoms with Gasteiger partial charge in [-0.1, -0.05) is 11.6 Å². The van der Waals surface area contributed by atoms with Crippen LogP contribution in [0, 0.1) is 0 Å². The Kier molecular flexibility index (Phi) is 6.11. The fourth-order valence-corrected chi connectivity index (χ4v) is 1.23. The van der Waals surface area contributed by atoms with Crippen molar-refractivity contribution in [2.75, 3.05) is 5.75 Å². The van der Waals surface area contributed by atoms with Gasteiger partial charge in [0.1, 0.15) is 5.82 Å². The maximum atomic E-state index is 10.3. The van der Waals surface area contributed by atoms with Crippen molar-refractivity contribution in [1.82, 2.24) is 9.97 Å². The zero-order chi connectivity index (χ0) is 9.90. The van der Waals surface area contributed by atoms with Crippen LogP contribution in [-0.2, 0) is 16.5 Å². The second-order valence-electron chi connectivity index (χ2n) is 2.35. The fourth-order valence-electron chi connectivity index (χ4n) is 0.688. The van der Waals surface area contributed by atoms with Crippen LogP contribution >= 0.6 is 11.6 Å². The molecule has 0 unspecified atom stereocenters. The topological polar surface area (TPSA) is 80.2 Å². The molecule has 0 saturated heterocycles. The van der Waals surface area contributed by atoms with Crippen LogP contribution in [0.2, 0.25) is 5.02 Å². The second-order valence-corrected chi connectivity index (χ2v) is 4.36. The first kappa shape index (κ1) is 14.3. The van der Waals surface area contributed by atoms with Gasteiger partial charge < -0.3 is 0 Å². The Hall–Kier alpha value is 0.280. The third-order valence-corrected chi connectivity index (χ3v) is 2.17. The van der Waals surface area contributed by atoms with Crippen molar-refractivity contribution >= 4 is 51.3 Å². The predicted molar refractivity (Wildman–Crippen MR) is 54.3 cm³/mol. The van der Waals surface area contributed by atoms with E-state index in [0.29, 0.717) is 10.8 Å². The number of hydrogen-bond donors (Lipinski definition) is 1. The van der Waals surface area contributed by atoms with E-state index in [0.717, 1.165) is 0 Å². The third-order valence-electron chi connectivity index (χ3n) is 1.26. The standard InChI is InChI=1S/C6H7ClN2O3S.Na.H/c7-5-3-8-6(9-4-5)1-2-13(10,11)12;;/h3-4H,1-2H2,(H,10,11,12);;. The Morgan fingerprint density at radius 1 is 1.36 bits per heavy atom. The van der Waals surface area contributed by atoms with Gasteiger partial charge in [0.2, 0.25) is 0 Å². The molecule has 1 aromatic rings. The maximum absolute atomic E-state index is 10.3. The summed E-state index contributed by atoms with van der Waals surface area (Å²) in [7, 11) is -3.95. The average Bonchev–Trinajstić information content (AvgIpc) is 2.02. The van der Waals surface area contributed by atoms with Gasteiger partial charge in [-0.3, -0.25) is 4.55 Å². The van der Waals surface area contributed by atoms with E-state index >= 15 is 0 Å². The molecule has 0 fully saturated rings. The summed E-state index contributed by atoms with van der Waals surface area (Å²) in [5.74, 6) is -0.0451. The molecule has 0 saturated carbocycles. The first-order valence-electron chi connectivity index (χ1n) is 3.39. The van der Waals surface area contributed by atoms with Crippen molar-refractivity contribution in [3.8, 4) is 0 Å². The second kappa shape index (κ2) is 5.99. The molecule has 8 heteroatoms. The molecular formula is C6H8ClN2NaO3S. The van der Waals surface area contributed by atoms with E-state index in [4.69, 9.17) is 16.2 Å². The Labute approximate surface area is 109 Å². The molecular weight excluding hydrogens is 239 g/mol. The normalized spacial score (nSPS) is 10.7. The van der Waals surface area contributed by atoms with E-state index in [1.165, 1.54) is 12.4 Å². The van der Waals surface area contributed by atoms with Crippen molar-refractivity contribution in [3.05, 3.63) is 23.2 Å². The summed E-state index contributed by atoms with van der Waals surface area (Å²) in [4.78, 5) is 7.53. The summed E-state index contributed by atoms with van der Waals surface area (Å²) in [5.41, 5.74) is 0. The van der Waals surface area contributed by atoms with Gasteiger partial charge in [-0.25, -0.2) is 9.97 Å². The summed E-state index contributed by atoms with van der Waals surface area (Å²) in [5, 5.41) is 0.385. The molecule has 1 N–H and O–H groups in total. The van der Waals surface area contributed by atoms with Crippen LogP contribution in [0.1, 0.15) is 5.82 Å². The van der Waals surface area contributed by atoms with Gasteiger partial charge in [-0.05, 0) is 0 Å². The van der Waals surface area contributed by atoms with Crippen molar-refractivity contribution in [2.24, 2.45) is 0 Å². The number of aryl methyl sites for hydroxylation is 1. The summed E-state index contributed by atoms with van der Waals surface area (Å²) in [6.45, 7) is 0. The average molecular weight is 247 g/mol. The number of aromatic nitrogens is 2. The number of rotatable bonds is 3. The zero-order valence-corrected chi connectivity index (χ0v) is 8.09. The van der Waals surface area contributed by atoms with Crippen molar-refractivity contribution in [3.63, 3.8) is 0 Å². The molecule has 74 valence electrons. The Morgan fingerprint density at radius 3 is 2.29 bits per heavy atom. The molecule has 0 spiro atoms. The number of nitrogens with zero attached hydrogens (tertiary/aromatic N) is 2. The number of halogens is 1. The van der Waals surface area contributed by atoms with E-state index in [2.05, 4.69) is 9.97 Å². The molecule has 0 aliphatic heterocycles.